The molecule has 1 N–H and O–H groups in total. The highest BCUT2D eigenvalue weighted by atomic mass is 16.5. The fraction of sp³-hybridized carbons (Fsp3) is 0.478. The van der Waals surface area contributed by atoms with Crippen molar-refractivity contribution in [3.05, 3.63) is 59.2 Å². The highest BCUT2D eigenvalue weighted by Gasteiger charge is 2.22. The molecule has 1 aromatic rings. The first-order chi connectivity index (χ1) is 13.7. The van der Waals surface area contributed by atoms with Gasteiger partial charge < -0.3 is 15.0 Å². The van der Waals surface area contributed by atoms with Crippen LogP contribution in [0.1, 0.15) is 56.1 Å². The fourth-order valence-corrected chi connectivity index (χ4v) is 3.54. The molecule has 2 aliphatic rings. The molecule has 0 unspecified atom stereocenters. The summed E-state index contributed by atoms with van der Waals surface area (Å²) in [5, 5.41) is 3.00. The molecule has 1 aromatic carbocycles. The maximum absolute atomic E-state index is 12.2. The number of esters is 1. The number of nitrogens with one attached hydrogen (secondary N) is 1. The summed E-state index contributed by atoms with van der Waals surface area (Å²) in [5.74, 6) is -0.123. The zero-order valence-electron chi connectivity index (χ0n) is 16.5. The number of amides is 2. The van der Waals surface area contributed by atoms with Crippen LogP contribution in [0.15, 0.2) is 48.1 Å². The lowest BCUT2D eigenvalue weighted by molar-refractivity contribution is -0.142. The van der Waals surface area contributed by atoms with E-state index in [1.54, 1.807) is 0 Å². The minimum absolute atomic E-state index is 0.00541. The van der Waals surface area contributed by atoms with Gasteiger partial charge in [0.15, 0.2) is 0 Å². The number of carbonyl (C=O) groups excluding carboxylic acids is 2. The molecular weight excluding hydrogens is 352 g/mol. The minimum Gasteiger partial charge on any atom is -0.461 e. The van der Waals surface area contributed by atoms with Crippen molar-refractivity contribution in [1.82, 2.24) is 10.2 Å². The van der Waals surface area contributed by atoms with Gasteiger partial charge in [0.25, 0.3) is 0 Å². The molecule has 0 radical (unpaired) electrons. The van der Waals surface area contributed by atoms with Crippen LogP contribution in [0.25, 0.3) is 0 Å². The Bertz CT molecular complexity index is 714. The molecule has 0 saturated heterocycles. The summed E-state index contributed by atoms with van der Waals surface area (Å²) in [7, 11) is 0. The maximum Gasteiger partial charge on any atom is 0.318 e. The lowest BCUT2D eigenvalue weighted by Gasteiger charge is -2.16. The summed E-state index contributed by atoms with van der Waals surface area (Å²) in [4.78, 5) is 25.9. The predicted octanol–water partition coefficient (Wildman–Crippen LogP) is 4.48. The van der Waals surface area contributed by atoms with Crippen LogP contribution in [0, 0.1) is 0 Å². The number of hydrogen-bond donors (Lipinski definition) is 1. The number of ether oxygens (including phenoxy) is 1. The third-order valence-corrected chi connectivity index (χ3v) is 5.18. The van der Waals surface area contributed by atoms with Crippen molar-refractivity contribution in [3.63, 3.8) is 0 Å². The van der Waals surface area contributed by atoms with Gasteiger partial charge in [0.2, 0.25) is 0 Å². The van der Waals surface area contributed by atoms with E-state index >= 15 is 0 Å². The van der Waals surface area contributed by atoms with E-state index in [1.165, 1.54) is 11.1 Å². The molecule has 0 atom stereocenters. The van der Waals surface area contributed by atoms with Gasteiger partial charge in [-0.1, -0.05) is 55.3 Å². The Kier molecular flexibility index (Phi) is 7.71. The van der Waals surface area contributed by atoms with E-state index in [9.17, 15) is 9.59 Å². The number of unbranched alkanes of at least 4 members (excludes halogenated alkanes) is 3. The van der Waals surface area contributed by atoms with Crippen molar-refractivity contribution >= 4 is 12.0 Å². The molecule has 0 bridgehead atoms. The Morgan fingerprint density at radius 3 is 2.46 bits per heavy atom. The fourth-order valence-electron chi connectivity index (χ4n) is 3.54. The van der Waals surface area contributed by atoms with Crippen molar-refractivity contribution < 1.29 is 14.3 Å². The molecule has 0 saturated carbocycles. The molecule has 0 spiro atoms. The van der Waals surface area contributed by atoms with Crippen LogP contribution in [0.5, 0.6) is 0 Å². The van der Waals surface area contributed by atoms with Crippen LogP contribution in [0.4, 0.5) is 4.79 Å². The second-order valence-corrected chi connectivity index (χ2v) is 7.44. The average Bonchev–Trinajstić information content (AvgIpc) is 3.16. The molecule has 28 heavy (non-hydrogen) atoms. The number of urea groups is 1. The predicted molar refractivity (Wildman–Crippen MR) is 110 cm³/mol. The smallest absolute Gasteiger partial charge is 0.318 e. The Hall–Kier alpha value is -2.56. The monoisotopic (exact) mass is 382 g/mol. The molecule has 2 amide bonds. The quantitative estimate of drug-likeness (QED) is 0.506. The largest absolute Gasteiger partial charge is 0.461 e. The number of benzene rings is 1. The number of fused-ring (bicyclic) bond motifs is 1. The Balaban J connectivity index is 1.18. The zero-order valence-corrected chi connectivity index (χ0v) is 16.5. The van der Waals surface area contributed by atoms with Crippen molar-refractivity contribution in [2.45, 2.75) is 58.0 Å². The first-order valence-electron chi connectivity index (χ1n) is 10.3. The number of carbonyl (C=O) groups is 2. The van der Waals surface area contributed by atoms with Crippen LogP contribution in [0.3, 0.4) is 0 Å². The zero-order chi connectivity index (χ0) is 19.6. The highest BCUT2D eigenvalue weighted by Crippen LogP contribution is 2.21. The molecule has 0 fully saturated rings. The van der Waals surface area contributed by atoms with Crippen LogP contribution >= 0.6 is 0 Å². The molecule has 1 aliphatic carbocycles. The average molecular weight is 383 g/mol. The number of nitrogens with zero attached hydrogens (tertiary/aromatic N) is 1. The van der Waals surface area contributed by atoms with Crippen molar-refractivity contribution in [3.8, 4) is 0 Å². The second-order valence-electron chi connectivity index (χ2n) is 7.44. The van der Waals surface area contributed by atoms with Crippen LogP contribution in [-0.4, -0.2) is 30.1 Å². The number of allylic oxidation sites excluding steroid dienone is 2. The summed E-state index contributed by atoms with van der Waals surface area (Å²) in [6.45, 7) is 2.45. The van der Waals surface area contributed by atoms with Crippen molar-refractivity contribution in [2.75, 3.05) is 13.2 Å². The molecular formula is C23H30N2O3. The molecule has 150 valence electrons. The van der Waals surface area contributed by atoms with Gasteiger partial charge in [-0.3, -0.25) is 4.79 Å². The Morgan fingerprint density at radius 1 is 1.00 bits per heavy atom. The van der Waals surface area contributed by atoms with E-state index in [4.69, 9.17) is 4.74 Å². The molecule has 0 aromatic heterocycles. The van der Waals surface area contributed by atoms with Gasteiger partial charge in [0.05, 0.1) is 0 Å². The number of hydrogen-bond acceptors (Lipinski definition) is 3. The summed E-state index contributed by atoms with van der Waals surface area (Å²) in [6, 6.07) is 8.19. The van der Waals surface area contributed by atoms with E-state index in [-0.39, 0.29) is 12.0 Å². The minimum atomic E-state index is -0.123. The maximum atomic E-state index is 12.2. The lowest BCUT2D eigenvalue weighted by atomic mass is 10.1. The van der Waals surface area contributed by atoms with Gasteiger partial charge in [-0.05, 0) is 42.4 Å². The van der Waals surface area contributed by atoms with E-state index in [2.05, 4.69) is 29.6 Å². The third-order valence-electron chi connectivity index (χ3n) is 5.18. The summed E-state index contributed by atoms with van der Waals surface area (Å²) in [5.41, 5.74) is 3.57. The standard InChI is InChI=1S/C23H30N2O3/c26-22(28-18-19-10-4-3-5-11-19)14-6-1-2-9-15-24-23(27)25-16-20-12-7-8-13-21(20)17-25/h4,7-8,10-13H,1-3,5-6,9,14-18H2,(H,24,27). The topological polar surface area (TPSA) is 58.6 Å². The van der Waals surface area contributed by atoms with Gasteiger partial charge in [-0.25, -0.2) is 4.79 Å². The van der Waals surface area contributed by atoms with E-state index in [0.717, 1.165) is 44.1 Å². The molecule has 1 aliphatic heterocycles. The summed E-state index contributed by atoms with van der Waals surface area (Å²) in [6.07, 6.45) is 12.6. The van der Waals surface area contributed by atoms with Crippen molar-refractivity contribution in [1.29, 1.82) is 0 Å². The Morgan fingerprint density at radius 2 is 1.75 bits per heavy atom. The molecule has 1 heterocycles. The Labute approximate surface area is 167 Å². The second kappa shape index (κ2) is 10.7. The molecule has 5 nitrogen and oxygen atoms in total. The normalized spacial score (nSPS) is 15.1. The summed E-state index contributed by atoms with van der Waals surface area (Å²) < 4.78 is 5.30. The number of rotatable bonds is 9. The van der Waals surface area contributed by atoms with Gasteiger partial charge in [-0.15, -0.1) is 0 Å². The van der Waals surface area contributed by atoms with Crippen molar-refractivity contribution in [2.24, 2.45) is 0 Å². The first-order valence-corrected chi connectivity index (χ1v) is 10.3. The third kappa shape index (κ3) is 6.25. The summed E-state index contributed by atoms with van der Waals surface area (Å²) >= 11 is 0. The highest BCUT2D eigenvalue weighted by molar-refractivity contribution is 5.75. The van der Waals surface area contributed by atoms with Crippen LogP contribution in [0.2, 0.25) is 0 Å². The van der Waals surface area contributed by atoms with Crippen LogP contribution < -0.4 is 5.32 Å². The van der Waals surface area contributed by atoms with E-state index < -0.39 is 0 Å². The van der Waals surface area contributed by atoms with Crippen LogP contribution in [-0.2, 0) is 22.6 Å². The van der Waals surface area contributed by atoms with E-state index in [0.29, 0.717) is 32.7 Å². The first kappa shape index (κ1) is 20.2. The van der Waals surface area contributed by atoms with E-state index in [1.807, 2.05) is 23.1 Å². The molecule has 3 rings (SSSR count). The van der Waals surface area contributed by atoms with Gasteiger partial charge in [0, 0.05) is 26.1 Å². The lowest BCUT2D eigenvalue weighted by Crippen LogP contribution is -2.36. The van der Waals surface area contributed by atoms with Gasteiger partial charge >= 0.3 is 12.0 Å². The van der Waals surface area contributed by atoms with Gasteiger partial charge in [-0.2, -0.15) is 0 Å². The SMILES string of the molecule is O=C(CCCCCCNC(=O)N1Cc2ccccc2C1)OCC1=CCCC=C1. The van der Waals surface area contributed by atoms with Gasteiger partial charge in [0.1, 0.15) is 6.61 Å². The molecule has 5 heteroatoms.